The summed E-state index contributed by atoms with van der Waals surface area (Å²) in [6.07, 6.45) is 4.71. The van der Waals surface area contributed by atoms with Gasteiger partial charge in [-0.1, -0.05) is 6.07 Å². The summed E-state index contributed by atoms with van der Waals surface area (Å²) >= 11 is 1.66. The van der Waals surface area contributed by atoms with Crippen molar-refractivity contribution in [3.05, 3.63) is 70.1 Å². The van der Waals surface area contributed by atoms with Crippen molar-refractivity contribution in [3.8, 4) is 0 Å². The minimum Gasteiger partial charge on any atom is -0.465 e. The number of hydrogen-bond donors (Lipinski definition) is 1. The van der Waals surface area contributed by atoms with Crippen molar-refractivity contribution in [3.63, 3.8) is 0 Å². The summed E-state index contributed by atoms with van der Waals surface area (Å²) in [5.74, 6) is 0.494. The van der Waals surface area contributed by atoms with Gasteiger partial charge in [0, 0.05) is 23.2 Å². The van der Waals surface area contributed by atoms with Gasteiger partial charge in [0.05, 0.1) is 12.0 Å². The molecule has 0 spiro atoms. The topological polar surface area (TPSA) is 60.1 Å². The fraction of sp³-hybridized carbons (Fsp3) is 0.222. The van der Waals surface area contributed by atoms with Crippen LogP contribution in [0.25, 0.3) is 6.08 Å². The average molecular weight is 341 g/mol. The van der Waals surface area contributed by atoms with Crippen LogP contribution in [0.15, 0.2) is 52.5 Å². The minimum atomic E-state index is -0.158. The molecule has 0 radical (unpaired) electrons. The summed E-state index contributed by atoms with van der Waals surface area (Å²) in [6, 6.07) is 9.69. The number of aryl methyl sites for hydroxylation is 2. The number of nitrogens with one attached hydrogen (secondary N) is 1. The molecule has 124 valence electrons. The average Bonchev–Trinajstić information content (AvgIpc) is 3.29. The molecule has 1 amide bonds. The lowest BCUT2D eigenvalue weighted by atomic mass is 10.2. The number of hydrogen-bond acceptors (Lipinski definition) is 4. The second-order valence-electron chi connectivity index (χ2n) is 5.50. The molecular weight excluding hydrogens is 322 g/mol. The van der Waals surface area contributed by atoms with E-state index in [-0.39, 0.29) is 11.9 Å². The van der Waals surface area contributed by atoms with Crippen molar-refractivity contribution in [2.45, 2.75) is 19.9 Å². The van der Waals surface area contributed by atoms with E-state index in [2.05, 4.69) is 16.5 Å². The Labute approximate surface area is 144 Å². The Morgan fingerprint density at radius 3 is 2.92 bits per heavy atom. The second kappa shape index (κ2) is 7.31. The van der Waals surface area contributed by atoms with Crippen molar-refractivity contribution in [1.29, 1.82) is 0 Å². The van der Waals surface area contributed by atoms with Crippen molar-refractivity contribution in [2.24, 2.45) is 0 Å². The largest absolute Gasteiger partial charge is 0.465 e. The quantitative estimate of drug-likeness (QED) is 0.697. The smallest absolute Gasteiger partial charge is 0.244 e. The molecule has 0 fully saturated rings. The van der Waals surface area contributed by atoms with Crippen LogP contribution in [0.5, 0.6) is 0 Å². The number of carbonyl (C=O) groups excluding carboxylic acids is 1. The normalized spacial score (nSPS) is 12.6. The standard InChI is InChI=1S/C18H19N3O2S/c1-13-11-14(2)21(20-13)16(17-6-4-10-24-17)12-19-18(22)8-7-15-5-3-9-23-15/h3-11,16H,12H2,1-2H3,(H,19,22). The molecule has 1 N–H and O–H groups in total. The third-order valence-electron chi connectivity index (χ3n) is 3.62. The van der Waals surface area contributed by atoms with Gasteiger partial charge in [0.15, 0.2) is 0 Å². The van der Waals surface area contributed by atoms with Crippen LogP contribution < -0.4 is 5.32 Å². The highest BCUT2D eigenvalue weighted by Crippen LogP contribution is 2.24. The number of furan rings is 1. The molecule has 6 heteroatoms. The zero-order valence-electron chi connectivity index (χ0n) is 13.6. The van der Waals surface area contributed by atoms with Gasteiger partial charge in [-0.2, -0.15) is 5.10 Å². The van der Waals surface area contributed by atoms with Gasteiger partial charge in [0.1, 0.15) is 11.8 Å². The number of amides is 1. The van der Waals surface area contributed by atoms with Crippen LogP contribution in [0.3, 0.4) is 0 Å². The highest BCUT2D eigenvalue weighted by Gasteiger charge is 2.18. The first-order chi connectivity index (χ1) is 11.6. The van der Waals surface area contributed by atoms with Gasteiger partial charge < -0.3 is 9.73 Å². The molecule has 0 aliphatic carbocycles. The molecule has 0 aliphatic heterocycles. The number of nitrogens with zero attached hydrogens (tertiary/aromatic N) is 2. The van der Waals surface area contributed by atoms with Crippen molar-refractivity contribution in [1.82, 2.24) is 15.1 Å². The molecule has 5 nitrogen and oxygen atoms in total. The predicted molar refractivity (Wildman–Crippen MR) is 94.9 cm³/mol. The maximum absolute atomic E-state index is 12.1. The molecule has 1 unspecified atom stereocenters. The number of rotatable bonds is 6. The zero-order valence-corrected chi connectivity index (χ0v) is 14.4. The first-order valence-electron chi connectivity index (χ1n) is 7.69. The van der Waals surface area contributed by atoms with Crippen LogP contribution in [-0.2, 0) is 4.79 Å². The molecule has 24 heavy (non-hydrogen) atoms. The molecule has 0 aliphatic rings. The fourth-order valence-corrected chi connectivity index (χ4v) is 3.36. The summed E-state index contributed by atoms with van der Waals surface area (Å²) in [7, 11) is 0. The first-order valence-corrected chi connectivity index (χ1v) is 8.57. The molecule has 0 saturated heterocycles. The zero-order chi connectivity index (χ0) is 16.9. The highest BCUT2D eigenvalue weighted by atomic mass is 32.1. The monoisotopic (exact) mass is 341 g/mol. The fourth-order valence-electron chi connectivity index (χ4n) is 2.55. The summed E-state index contributed by atoms with van der Waals surface area (Å²) < 4.78 is 7.15. The van der Waals surface area contributed by atoms with Crippen LogP contribution in [0, 0.1) is 13.8 Å². The molecule has 3 heterocycles. The Hall–Kier alpha value is -2.60. The third kappa shape index (κ3) is 3.83. The Morgan fingerprint density at radius 2 is 2.29 bits per heavy atom. The number of carbonyl (C=O) groups is 1. The van der Waals surface area contributed by atoms with Gasteiger partial charge in [-0.05, 0) is 49.6 Å². The van der Waals surface area contributed by atoms with E-state index < -0.39 is 0 Å². The third-order valence-corrected chi connectivity index (χ3v) is 4.60. The summed E-state index contributed by atoms with van der Waals surface area (Å²) in [5, 5.41) is 9.55. The van der Waals surface area contributed by atoms with E-state index in [4.69, 9.17) is 4.42 Å². The van der Waals surface area contributed by atoms with Crippen LogP contribution in [0.4, 0.5) is 0 Å². The molecule has 3 rings (SSSR count). The van der Waals surface area contributed by atoms with Crippen molar-refractivity contribution < 1.29 is 9.21 Å². The van der Waals surface area contributed by atoms with Crippen LogP contribution in [0.1, 0.15) is 28.1 Å². The Morgan fingerprint density at radius 1 is 1.42 bits per heavy atom. The lowest BCUT2D eigenvalue weighted by molar-refractivity contribution is -0.116. The Kier molecular flexibility index (Phi) is 4.96. The molecule has 0 saturated carbocycles. The molecular formula is C18H19N3O2S. The van der Waals surface area contributed by atoms with Crippen molar-refractivity contribution >= 4 is 23.3 Å². The van der Waals surface area contributed by atoms with Crippen LogP contribution >= 0.6 is 11.3 Å². The highest BCUT2D eigenvalue weighted by molar-refractivity contribution is 7.10. The summed E-state index contributed by atoms with van der Waals surface area (Å²) in [4.78, 5) is 13.2. The van der Waals surface area contributed by atoms with E-state index >= 15 is 0 Å². The molecule has 3 aromatic rings. The molecule has 1 atom stereocenters. The lowest BCUT2D eigenvalue weighted by Crippen LogP contribution is -2.30. The van der Waals surface area contributed by atoms with E-state index in [9.17, 15) is 4.79 Å². The Bertz CT molecular complexity index is 817. The molecule has 0 bridgehead atoms. The Balaban J connectivity index is 1.71. The van der Waals surface area contributed by atoms with E-state index in [1.54, 1.807) is 35.8 Å². The van der Waals surface area contributed by atoms with Crippen LogP contribution in [0.2, 0.25) is 0 Å². The second-order valence-corrected chi connectivity index (χ2v) is 6.48. The minimum absolute atomic E-state index is 0.0142. The van der Waals surface area contributed by atoms with Crippen LogP contribution in [-0.4, -0.2) is 22.2 Å². The summed E-state index contributed by atoms with van der Waals surface area (Å²) in [6.45, 7) is 4.47. The van der Waals surface area contributed by atoms with Gasteiger partial charge in [-0.25, -0.2) is 0 Å². The number of thiophene rings is 1. The first kappa shape index (κ1) is 16.3. The van der Waals surface area contributed by atoms with Gasteiger partial charge >= 0.3 is 0 Å². The van der Waals surface area contributed by atoms with E-state index in [1.807, 2.05) is 36.0 Å². The van der Waals surface area contributed by atoms with E-state index in [1.165, 1.54) is 6.08 Å². The van der Waals surface area contributed by atoms with E-state index in [0.29, 0.717) is 12.3 Å². The number of aromatic nitrogens is 2. The predicted octanol–water partition coefficient (Wildman–Crippen LogP) is 3.57. The SMILES string of the molecule is Cc1cc(C)n(C(CNC(=O)C=Cc2ccco2)c2cccs2)n1. The van der Waals surface area contributed by atoms with Gasteiger partial charge in [-0.15, -0.1) is 11.3 Å². The van der Waals surface area contributed by atoms with Gasteiger partial charge in [-0.3, -0.25) is 9.48 Å². The summed E-state index contributed by atoms with van der Waals surface area (Å²) in [5.41, 5.74) is 2.05. The lowest BCUT2D eigenvalue weighted by Gasteiger charge is -2.18. The van der Waals surface area contributed by atoms with Gasteiger partial charge in [0.2, 0.25) is 5.91 Å². The molecule has 3 aromatic heterocycles. The van der Waals surface area contributed by atoms with Crippen molar-refractivity contribution in [2.75, 3.05) is 6.54 Å². The maximum atomic E-state index is 12.1. The van der Waals surface area contributed by atoms with Gasteiger partial charge in [0.25, 0.3) is 0 Å². The molecule has 0 aromatic carbocycles. The maximum Gasteiger partial charge on any atom is 0.244 e. The van der Waals surface area contributed by atoms with E-state index in [0.717, 1.165) is 16.3 Å².